The Bertz CT molecular complexity index is 703. The van der Waals surface area contributed by atoms with E-state index in [1.807, 2.05) is 0 Å². The van der Waals surface area contributed by atoms with Crippen LogP contribution in [0.15, 0.2) is 0 Å². The van der Waals surface area contributed by atoms with Crippen LogP contribution in [0.25, 0.3) is 0 Å². The van der Waals surface area contributed by atoms with Crippen LogP contribution in [0, 0.1) is 5.92 Å². The van der Waals surface area contributed by atoms with E-state index in [-0.39, 0.29) is 12.8 Å². The second-order valence-corrected chi connectivity index (χ2v) is 8.32. The number of hydrogen-bond donors (Lipinski definition) is 8. The SMILES string of the molecule is CCC(C)C(NC(=O)C(CCCCN)NC(=O)C(N)C(C)O)C(=O)NC(CCC(=O)O)C(=O)O. The molecule has 0 aliphatic carbocycles. The summed E-state index contributed by atoms with van der Waals surface area (Å²) in [5.41, 5.74) is 11.1. The number of aliphatic hydroxyl groups is 1. The molecule has 6 atom stereocenters. The van der Waals surface area contributed by atoms with Crippen LogP contribution in [0.4, 0.5) is 0 Å². The molecule has 6 unspecified atom stereocenters. The molecule has 0 heterocycles. The molecule has 34 heavy (non-hydrogen) atoms. The highest BCUT2D eigenvalue weighted by atomic mass is 16.4. The number of unbranched alkanes of at least 4 members (excludes halogenated alkanes) is 1. The molecule has 0 saturated carbocycles. The lowest BCUT2D eigenvalue weighted by Gasteiger charge is -2.28. The van der Waals surface area contributed by atoms with Gasteiger partial charge in [0, 0.05) is 6.42 Å². The number of nitrogens with one attached hydrogen (secondary N) is 3. The first-order valence-corrected chi connectivity index (χ1v) is 11.3. The third-order valence-electron chi connectivity index (χ3n) is 5.46. The summed E-state index contributed by atoms with van der Waals surface area (Å²) in [7, 11) is 0. The number of hydrogen-bond acceptors (Lipinski definition) is 8. The van der Waals surface area contributed by atoms with Crippen LogP contribution in [-0.2, 0) is 24.0 Å². The highest BCUT2D eigenvalue weighted by Crippen LogP contribution is 2.11. The molecule has 196 valence electrons. The van der Waals surface area contributed by atoms with Gasteiger partial charge in [-0.1, -0.05) is 20.3 Å². The third kappa shape index (κ3) is 11.4. The maximum atomic E-state index is 13.0. The number of aliphatic carboxylic acids is 2. The normalized spacial score (nSPS) is 16.3. The predicted molar refractivity (Wildman–Crippen MR) is 122 cm³/mol. The van der Waals surface area contributed by atoms with Gasteiger partial charge in [-0.2, -0.15) is 0 Å². The van der Waals surface area contributed by atoms with Gasteiger partial charge in [0.1, 0.15) is 24.2 Å². The van der Waals surface area contributed by atoms with Crippen LogP contribution < -0.4 is 27.4 Å². The van der Waals surface area contributed by atoms with Gasteiger partial charge in [0.15, 0.2) is 0 Å². The van der Waals surface area contributed by atoms with E-state index in [0.717, 1.165) is 0 Å². The lowest BCUT2D eigenvalue weighted by atomic mass is 9.96. The van der Waals surface area contributed by atoms with E-state index in [9.17, 15) is 34.2 Å². The maximum absolute atomic E-state index is 13.0. The quantitative estimate of drug-likeness (QED) is 0.107. The lowest BCUT2D eigenvalue weighted by molar-refractivity contribution is -0.143. The van der Waals surface area contributed by atoms with Crippen LogP contribution >= 0.6 is 0 Å². The zero-order chi connectivity index (χ0) is 26.4. The van der Waals surface area contributed by atoms with Crippen molar-refractivity contribution in [1.82, 2.24) is 16.0 Å². The molecule has 0 spiro atoms. The number of rotatable bonds is 17. The molecule has 3 amide bonds. The highest BCUT2D eigenvalue weighted by Gasteiger charge is 2.33. The van der Waals surface area contributed by atoms with E-state index in [2.05, 4.69) is 16.0 Å². The molecular weight excluding hydrogens is 450 g/mol. The second-order valence-electron chi connectivity index (χ2n) is 8.32. The lowest BCUT2D eigenvalue weighted by Crippen LogP contribution is -2.59. The monoisotopic (exact) mass is 489 g/mol. The van der Waals surface area contributed by atoms with Crippen LogP contribution in [0.3, 0.4) is 0 Å². The predicted octanol–water partition coefficient (Wildman–Crippen LogP) is -1.73. The van der Waals surface area contributed by atoms with Gasteiger partial charge in [0.2, 0.25) is 17.7 Å². The average molecular weight is 490 g/mol. The van der Waals surface area contributed by atoms with Gasteiger partial charge in [-0.25, -0.2) is 4.79 Å². The summed E-state index contributed by atoms with van der Waals surface area (Å²) in [6.45, 7) is 5.17. The Balaban J connectivity index is 5.56. The topological polar surface area (TPSA) is 234 Å². The summed E-state index contributed by atoms with van der Waals surface area (Å²) in [5, 5.41) is 35.0. The Labute approximate surface area is 199 Å². The minimum absolute atomic E-state index is 0.201. The number of carbonyl (C=O) groups is 5. The number of carbonyl (C=O) groups excluding carboxylic acids is 3. The summed E-state index contributed by atoms with van der Waals surface area (Å²) in [6, 6.07) is -4.91. The summed E-state index contributed by atoms with van der Waals surface area (Å²) in [4.78, 5) is 60.4. The molecule has 0 aliphatic heterocycles. The molecule has 0 aromatic heterocycles. The molecule has 0 fully saturated rings. The number of aliphatic hydroxyl groups excluding tert-OH is 1. The summed E-state index contributed by atoms with van der Waals surface area (Å²) in [6.07, 6.45) is -0.195. The van der Waals surface area contributed by atoms with Crippen molar-refractivity contribution in [3.63, 3.8) is 0 Å². The highest BCUT2D eigenvalue weighted by molar-refractivity contribution is 5.94. The number of carboxylic acids is 2. The Kier molecular flexibility index (Phi) is 14.7. The molecule has 0 radical (unpaired) electrons. The second kappa shape index (κ2) is 16.0. The summed E-state index contributed by atoms with van der Waals surface area (Å²) < 4.78 is 0. The largest absolute Gasteiger partial charge is 0.481 e. The van der Waals surface area contributed by atoms with Crippen molar-refractivity contribution in [2.75, 3.05) is 6.54 Å². The van der Waals surface area contributed by atoms with Gasteiger partial charge in [0.25, 0.3) is 0 Å². The van der Waals surface area contributed by atoms with E-state index in [1.165, 1.54) is 6.92 Å². The van der Waals surface area contributed by atoms with Crippen LogP contribution in [0.2, 0.25) is 0 Å². The molecule has 0 aromatic carbocycles. The maximum Gasteiger partial charge on any atom is 0.326 e. The number of carboxylic acid groups (broad SMARTS) is 2. The minimum atomic E-state index is -1.45. The van der Waals surface area contributed by atoms with Crippen molar-refractivity contribution in [3.8, 4) is 0 Å². The van der Waals surface area contributed by atoms with E-state index >= 15 is 0 Å². The fourth-order valence-corrected chi connectivity index (χ4v) is 2.99. The average Bonchev–Trinajstić information content (AvgIpc) is 2.77. The van der Waals surface area contributed by atoms with Crippen molar-refractivity contribution in [2.45, 2.75) is 89.6 Å². The van der Waals surface area contributed by atoms with Crippen LogP contribution in [0.1, 0.15) is 59.3 Å². The zero-order valence-electron chi connectivity index (χ0n) is 20.0. The van der Waals surface area contributed by atoms with Gasteiger partial charge in [-0.3, -0.25) is 19.2 Å². The number of nitrogens with two attached hydrogens (primary N) is 2. The van der Waals surface area contributed by atoms with Crippen molar-refractivity contribution in [2.24, 2.45) is 17.4 Å². The molecule has 0 saturated heterocycles. The van der Waals surface area contributed by atoms with Gasteiger partial charge < -0.3 is 42.7 Å². The molecule has 13 heteroatoms. The van der Waals surface area contributed by atoms with Gasteiger partial charge in [-0.05, 0) is 45.1 Å². The minimum Gasteiger partial charge on any atom is -0.481 e. The van der Waals surface area contributed by atoms with Crippen molar-refractivity contribution >= 4 is 29.7 Å². The zero-order valence-corrected chi connectivity index (χ0v) is 20.0. The standard InChI is InChI=1S/C21H39N5O8/c1-4-11(2)17(20(32)25-14(21(33)34)8-9-15(28)29)26-18(30)13(7-5-6-10-22)24-19(31)16(23)12(3)27/h11-14,16-17,27H,4-10,22-23H2,1-3H3,(H,24,31)(H,25,32)(H,26,30)(H,28,29)(H,33,34). The molecule has 10 N–H and O–H groups in total. The fourth-order valence-electron chi connectivity index (χ4n) is 2.99. The summed E-state index contributed by atoms with van der Waals surface area (Å²) in [5.74, 6) is -5.22. The molecule has 0 aliphatic rings. The Morgan fingerprint density at radius 1 is 0.853 bits per heavy atom. The Morgan fingerprint density at radius 2 is 1.44 bits per heavy atom. The molecule has 0 rings (SSSR count). The first-order valence-electron chi connectivity index (χ1n) is 11.3. The van der Waals surface area contributed by atoms with Gasteiger partial charge >= 0.3 is 11.9 Å². The Hall–Kier alpha value is -2.77. The smallest absolute Gasteiger partial charge is 0.326 e. The van der Waals surface area contributed by atoms with Crippen molar-refractivity contribution in [3.05, 3.63) is 0 Å². The van der Waals surface area contributed by atoms with E-state index in [0.29, 0.717) is 25.8 Å². The van der Waals surface area contributed by atoms with Gasteiger partial charge in [-0.15, -0.1) is 0 Å². The van der Waals surface area contributed by atoms with Crippen LogP contribution in [-0.4, -0.2) is 81.8 Å². The first kappa shape index (κ1) is 31.2. The van der Waals surface area contributed by atoms with Crippen LogP contribution in [0.5, 0.6) is 0 Å². The van der Waals surface area contributed by atoms with E-state index in [1.54, 1.807) is 13.8 Å². The summed E-state index contributed by atoms with van der Waals surface area (Å²) >= 11 is 0. The fraction of sp³-hybridized carbons (Fsp3) is 0.762. The molecular formula is C21H39N5O8. The van der Waals surface area contributed by atoms with E-state index in [4.69, 9.17) is 16.6 Å². The number of amides is 3. The third-order valence-corrected chi connectivity index (χ3v) is 5.46. The molecule has 0 bridgehead atoms. The van der Waals surface area contributed by atoms with Crippen molar-refractivity contribution < 1.29 is 39.3 Å². The van der Waals surface area contributed by atoms with Crippen molar-refractivity contribution in [1.29, 1.82) is 0 Å². The molecule has 0 aromatic rings. The first-order chi connectivity index (χ1) is 15.8. The molecule has 13 nitrogen and oxygen atoms in total. The van der Waals surface area contributed by atoms with Gasteiger partial charge in [0.05, 0.1) is 6.10 Å². The van der Waals surface area contributed by atoms with E-state index < -0.39 is 72.3 Å². The Morgan fingerprint density at radius 3 is 1.91 bits per heavy atom.